The van der Waals surface area contributed by atoms with Crippen molar-refractivity contribution in [2.24, 2.45) is 0 Å². The maximum Gasteiger partial charge on any atom is 0.0722 e. The molecule has 0 amide bonds. The fraction of sp³-hybridized carbons (Fsp3) is 0. The van der Waals surface area contributed by atoms with Gasteiger partial charge in [-0.2, -0.15) is 0 Å². The Kier molecular flexibility index (Phi) is 6.17. The minimum atomic E-state index is 0.974. The van der Waals surface area contributed by atoms with Gasteiger partial charge in [0.05, 0.1) is 16.7 Å². The lowest BCUT2D eigenvalue weighted by Crippen LogP contribution is -1.92. The number of fused-ring (bicyclic) bond motifs is 4. The van der Waals surface area contributed by atoms with Crippen LogP contribution in [0.15, 0.2) is 170 Å². The molecule has 9 aromatic rings. The Balaban J connectivity index is 1.26. The molecule has 0 saturated carbocycles. The standard InChI is InChI=1S/C44H28N2/c1-3-13-34-29(9-1)11-7-16-36(34)33-23-24-43-41(27-33)40(28-44(46-43)39-17-8-12-30-10-2-4-14-35(30)39)32-21-19-31(20-22-32)37-25-26-45-42-18-6-5-15-38(37)42/h1-28H. The number of para-hydroxylation sites is 1. The molecule has 2 nitrogen and oxygen atoms in total. The number of aromatic nitrogens is 2. The van der Waals surface area contributed by atoms with Gasteiger partial charge in [0.25, 0.3) is 0 Å². The van der Waals surface area contributed by atoms with Crippen LogP contribution in [-0.4, -0.2) is 9.97 Å². The Morgan fingerprint density at radius 2 is 0.891 bits per heavy atom. The molecule has 0 saturated heterocycles. The van der Waals surface area contributed by atoms with Gasteiger partial charge in [0.1, 0.15) is 0 Å². The number of rotatable bonds is 4. The van der Waals surface area contributed by atoms with Crippen LogP contribution < -0.4 is 0 Å². The first kappa shape index (κ1) is 26.3. The van der Waals surface area contributed by atoms with E-state index in [-0.39, 0.29) is 0 Å². The lowest BCUT2D eigenvalue weighted by atomic mass is 9.92. The summed E-state index contributed by atoms with van der Waals surface area (Å²) in [6.45, 7) is 0. The molecule has 0 bridgehead atoms. The molecule has 0 atom stereocenters. The molecule has 0 spiro atoms. The first-order chi connectivity index (χ1) is 22.8. The summed E-state index contributed by atoms with van der Waals surface area (Å²) in [7, 11) is 0. The molecule has 2 heterocycles. The highest BCUT2D eigenvalue weighted by Gasteiger charge is 2.14. The zero-order chi connectivity index (χ0) is 30.5. The number of hydrogen-bond donors (Lipinski definition) is 0. The second-order valence-electron chi connectivity index (χ2n) is 11.8. The van der Waals surface area contributed by atoms with Gasteiger partial charge >= 0.3 is 0 Å². The van der Waals surface area contributed by atoms with Gasteiger partial charge in [-0.3, -0.25) is 4.98 Å². The van der Waals surface area contributed by atoms with Crippen LogP contribution in [0, 0.1) is 0 Å². The minimum absolute atomic E-state index is 0.974. The van der Waals surface area contributed by atoms with E-state index in [4.69, 9.17) is 4.98 Å². The fourth-order valence-corrected chi connectivity index (χ4v) is 6.87. The molecule has 46 heavy (non-hydrogen) atoms. The van der Waals surface area contributed by atoms with E-state index in [1.54, 1.807) is 0 Å². The first-order valence-corrected chi connectivity index (χ1v) is 15.7. The lowest BCUT2D eigenvalue weighted by Gasteiger charge is -2.15. The molecule has 9 rings (SSSR count). The van der Waals surface area contributed by atoms with Crippen LogP contribution in [0.25, 0.3) is 88.0 Å². The predicted octanol–water partition coefficient (Wildman–Crippen LogP) is 11.8. The predicted molar refractivity (Wildman–Crippen MR) is 194 cm³/mol. The van der Waals surface area contributed by atoms with E-state index in [2.05, 4.69) is 163 Å². The highest BCUT2D eigenvalue weighted by molar-refractivity contribution is 6.05. The summed E-state index contributed by atoms with van der Waals surface area (Å²) in [5.74, 6) is 0. The van der Waals surface area contributed by atoms with Crippen molar-refractivity contribution < 1.29 is 0 Å². The zero-order valence-electron chi connectivity index (χ0n) is 25.1. The highest BCUT2D eigenvalue weighted by atomic mass is 14.7. The monoisotopic (exact) mass is 584 g/mol. The van der Waals surface area contributed by atoms with Crippen LogP contribution in [0.2, 0.25) is 0 Å². The molecular formula is C44H28N2. The van der Waals surface area contributed by atoms with Gasteiger partial charge in [0.15, 0.2) is 0 Å². The van der Waals surface area contributed by atoms with Crippen LogP contribution in [-0.2, 0) is 0 Å². The van der Waals surface area contributed by atoms with Crippen molar-refractivity contribution in [3.63, 3.8) is 0 Å². The van der Waals surface area contributed by atoms with Crippen LogP contribution >= 0.6 is 0 Å². The van der Waals surface area contributed by atoms with E-state index in [0.29, 0.717) is 0 Å². The largest absolute Gasteiger partial charge is 0.256 e. The smallest absolute Gasteiger partial charge is 0.0722 e. The van der Waals surface area contributed by atoms with Crippen LogP contribution in [0.1, 0.15) is 0 Å². The van der Waals surface area contributed by atoms with Crippen molar-refractivity contribution in [1.82, 2.24) is 9.97 Å². The van der Waals surface area contributed by atoms with Gasteiger partial charge in [-0.1, -0.05) is 133 Å². The molecule has 214 valence electrons. The number of nitrogens with zero attached hydrogens (tertiary/aromatic N) is 2. The normalized spacial score (nSPS) is 11.5. The molecule has 2 aromatic heterocycles. The third kappa shape index (κ3) is 4.43. The minimum Gasteiger partial charge on any atom is -0.256 e. The maximum atomic E-state index is 5.27. The molecule has 0 N–H and O–H groups in total. The highest BCUT2D eigenvalue weighted by Crippen LogP contribution is 2.39. The Hall–Kier alpha value is -6.12. The van der Waals surface area contributed by atoms with E-state index in [0.717, 1.165) is 38.6 Å². The second kappa shape index (κ2) is 10.8. The second-order valence-corrected chi connectivity index (χ2v) is 11.8. The maximum absolute atomic E-state index is 5.27. The van der Waals surface area contributed by atoms with Crippen LogP contribution in [0.3, 0.4) is 0 Å². The Bertz CT molecular complexity index is 2570. The zero-order valence-corrected chi connectivity index (χ0v) is 25.1. The summed E-state index contributed by atoms with van der Waals surface area (Å²) in [5.41, 5.74) is 11.2. The lowest BCUT2D eigenvalue weighted by molar-refractivity contribution is 1.40. The van der Waals surface area contributed by atoms with Gasteiger partial charge in [0, 0.05) is 22.5 Å². The quantitative estimate of drug-likeness (QED) is 0.206. The summed E-state index contributed by atoms with van der Waals surface area (Å²) in [6.07, 6.45) is 1.90. The third-order valence-corrected chi connectivity index (χ3v) is 9.13. The average Bonchev–Trinajstić information content (AvgIpc) is 3.13. The van der Waals surface area contributed by atoms with Crippen molar-refractivity contribution in [3.8, 4) is 44.6 Å². The topological polar surface area (TPSA) is 25.8 Å². The SMILES string of the molecule is c1ccc2c(-c3ccc4nc(-c5cccc6ccccc56)cc(-c5ccc(-c6ccnc7ccccc67)cc5)c4c3)cccc2c1. The van der Waals surface area contributed by atoms with Gasteiger partial charge in [-0.05, 0) is 85.3 Å². The average molecular weight is 585 g/mol. The summed E-state index contributed by atoms with van der Waals surface area (Å²) >= 11 is 0. The van der Waals surface area contributed by atoms with E-state index in [9.17, 15) is 0 Å². The molecule has 0 fully saturated rings. The molecular weight excluding hydrogens is 556 g/mol. The fourth-order valence-electron chi connectivity index (χ4n) is 6.87. The van der Waals surface area contributed by atoms with Gasteiger partial charge in [-0.15, -0.1) is 0 Å². The summed E-state index contributed by atoms with van der Waals surface area (Å²) in [4.78, 5) is 9.84. The molecule has 7 aromatic carbocycles. The van der Waals surface area contributed by atoms with Crippen molar-refractivity contribution in [2.45, 2.75) is 0 Å². The van der Waals surface area contributed by atoms with Crippen LogP contribution in [0.4, 0.5) is 0 Å². The van der Waals surface area contributed by atoms with Crippen molar-refractivity contribution in [1.29, 1.82) is 0 Å². The molecule has 0 aliphatic heterocycles. The number of benzene rings is 7. The Morgan fingerprint density at radius 3 is 1.65 bits per heavy atom. The molecule has 0 radical (unpaired) electrons. The number of pyridine rings is 2. The summed E-state index contributed by atoms with van der Waals surface area (Å²) < 4.78 is 0. The Morgan fingerprint density at radius 1 is 0.326 bits per heavy atom. The van der Waals surface area contributed by atoms with E-state index < -0.39 is 0 Å². The van der Waals surface area contributed by atoms with Gasteiger partial charge in [-0.25, -0.2) is 4.98 Å². The molecule has 0 aliphatic rings. The van der Waals surface area contributed by atoms with Crippen molar-refractivity contribution in [3.05, 3.63) is 170 Å². The first-order valence-electron chi connectivity index (χ1n) is 15.7. The molecule has 2 heteroatoms. The Labute approximate surface area is 267 Å². The van der Waals surface area contributed by atoms with Crippen LogP contribution in [0.5, 0.6) is 0 Å². The third-order valence-electron chi connectivity index (χ3n) is 9.13. The van der Waals surface area contributed by atoms with E-state index in [1.807, 2.05) is 12.3 Å². The molecule has 0 aliphatic carbocycles. The molecule has 0 unspecified atom stereocenters. The summed E-state index contributed by atoms with van der Waals surface area (Å²) in [6, 6.07) is 58.5. The summed E-state index contributed by atoms with van der Waals surface area (Å²) in [5, 5.41) is 7.20. The van der Waals surface area contributed by atoms with E-state index >= 15 is 0 Å². The van der Waals surface area contributed by atoms with Gasteiger partial charge < -0.3 is 0 Å². The van der Waals surface area contributed by atoms with Gasteiger partial charge in [0.2, 0.25) is 0 Å². The van der Waals surface area contributed by atoms with Crippen molar-refractivity contribution >= 4 is 43.4 Å². The van der Waals surface area contributed by atoms with Crippen molar-refractivity contribution in [2.75, 3.05) is 0 Å². The van der Waals surface area contributed by atoms with E-state index in [1.165, 1.54) is 49.4 Å². The number of hydrogen-bond acceptors (Lipinski definition) is 2.